The van der Waals surface area contributed by atoms with Crippen molar-refractivity contribution in [2.75, 3.05) is 7.11 Å². The van der Waals surface area contributed by atoms with Crippen LogP contribution in [0.3, 0.4) is 0 Å². The number of hydrogen-bond donors (Lipinski definition) is 2. The largest absolute Gasteiger partial charge is 0.496 e. The van der Waals surface area contributed by atoms with Gasteiger partial charge in [-0.2, -0.15) is 0 Å². The third-order valence-corrected chi connectivity index (χ3v) is 4.37. The molecule has 0 heterocycles. The van der Waals surface area contributed by atoms with Crippen molar-refractivity contribution in [3.8, 4) is 5.75 Å². The lowest BCUT2D eigenvalue weighted by molar-refractivity contribution is -0.123. The summed E-state index contributed by atoms with van der Waals surface area (Å²) in [5, 5.41) is 2.98. The molecule has 1 aromatic rings. The van der Waals surface area contributed by atoms with E-state index in [-0.39, 0.29) is 23.8 Å². The van der Waals surface area contributed by atoms with Crippen LogP contribution >= 0.6 is 0 Å². The van der Waals surface area contributed by atoms with Crippen LogP contribution in [0.25, 0.3) is 0 Å². The second-order valence-corrected chi connectivity index (χ2v) is 6.02. The highest BCUT2D eigenvalue weighted by Gasteiger charge is 2.30. The Hall–Kier alpha value is -2.04. The van der Waals surface area contributed by atoms with E-state index in [0.29, 0.717) is 5.56 Å². The fourth-order valence-corrected chi connectivity index (χ4v) is 3.30. The van der Waals surface area contributed by atoms with Crippen molar-refractivity contribution < 1.29 is 14.3 Å². The minimum absolute atomic E-state index is 0.160. The van der Waals surface area contributed by atoms with E-state index in [9.17, 15) is 9.59 Å². The molecule has 3 N–H and O–H groups in total. The molecule has 1 aromatic carbocycles. The number of nitrogens with one attached hydrogen (secondary N) is 1. The molecular weight excluding hydrogens is 280 g/mol. The molecule has 0 aliphatic heterocycles. The van der Waals surface area contributed by atoms with Gasteiger partial charge in [0.05, 0.1) is 13.0 Å². The van der Waals surface area contributed by atoms with Crippen molar-refractivity contribution in [2.24, 2.45) is 11.7 Å². The number of aryl methyl sites for hydroxylation is 2. The number of amides is 2. The summed E-state index contributed by atoms with van der Waals surface area (Å²) < 4.78 is 5.32. The van der Waals surface area contributed by atoms with Crippen LogP contribution < -0.4 is 15.8 Å². The molecule has 1 saturated carbocycles. The molecule has 0 aromatic heterocycles. The van der Waals surface area contributed by atoms with Crippen LogP contribution in [0.1, 0.15) is 47.2 Å². The van der Waals surface area contributed by atoms with E-state index in [2.05, 4.69) is 5.32 Å². The molecule has 5 heteroatoms. The zero-order valence-corrected chi connectivity index (χ0v) is 13.4. The topological polar surface area (TPSA) is 81.4 Å². The van der Waals surface area contributed by atoms with Gasteiger partial charge in [0.15, 0.2) is 0 Å². The number of nitrogens with two attached hydrogens (primary N) is 1. The Morgan fingerprint density at radius 2 is 1.77 bits per heavy atom. The minimum Gasteiger partial charge on any atom is -0.496 e. The second-order valence-electron chi connectivity index (χ2n) is 6.02. The van der Waals surface area contributed by atoms with Crippen LogP contribution in [0, 0.1) is 19.8 Å². The van der Waals surface area contributed by atoms with Crippen molar-refractivity contribution in [3.05, 3.63) is 28.8 Å². The Morgan fingerprint density at radius 3 is 2.32 bits per heavy atom. The molecule has 2 rings (SSSR count). The first kappa shape index (κ1) is 16.3. The van der Waals surface area contributed by atoms with Crippen LogP contribution in [-0.2, 0) is 4.79 Å². The Bertz CT molecular complexity index is 560. The summed E-state index contributed by atoms with van der Waals surface area (Å²) in [5.74, 6) is 0.0430. The minimum atomic E-state index is -0.327. The highest BCUT2D eigenvalue weighted by Crippen LogP contribution is 2.26. The number of rotatable bonds is 4. The van der Waals surface area contributed by atoms with Gasteiger partial charge in [0.2, 0.25) is 5.91 Å². The normalized spacial score (nSPS) is 21.2. The predicted molar refractivity (Wildman–Crippen MR) is 84.9 cm³/mol. The van der Waals surface area contributed by atoms with Gasteiger partial charge in [0.25, 0.3) is 5.91 Å². The van der Waals surface area contributed by atoms with Crippen LogP contribution in [0.4, 0.5) is 0 Å². The van der Waals surface area contributed by atoms with Gasteiger partial charge in [0.1, 0.15) is 5.75 Å². The number of benzene rings is 1. The Balaban J connectivity index is 2.16. The molecule has 2 atom stereocenters. The van der Waals surface area contributed by atoms with Crippen molar-refractivity contribution in [1.29, 1.82) is 0 Å². The van der Waals surface area contributed by atoms with Crippen molar-refractivity contribution >= 4 is 11.8 Å². The Labute approximate surface area is 131 Å². The average Bonchev–Trinajstić information content (AvgIpc) is 2.47. The summed E-state index contributed by atoms with van der Waals surface area (Å²) in [4.78, 5) is 24.0. The number of primary amides is 1. The Morgan fingerprint density at radius 1 is 1.18 bits per heavy atom. The van der Waals surface area contributed by atoms with Gasteiger partial charge >= 0.3 is 0 Å². The summed E-state index contributed by atoms with van der Waals surface area (Å²) in [6.45, 7) is 3.82. The molecule has 0 saturated heterocycles. The highest BCUT2D eigenvalue weighted by atomic mass is 16.5. The predicted octanol–water partition coefficient (Wildman–Crippen LogP) is 2.09. The number of ether oxygens (including phenoxy) is 1. The van der Waals surface area contributed by atoms with Crippen LogP contribution in [0.15, 0.2) is 12.1 Å². The number of methoxy groups -OCH3 is 1. The molecule has 0 bridgehead atoms. The van der Waals surface area contributed by atoms with Crippen molar-refractivity contribution in [2.45, 2.75) is 45.6 Å². The summed E-state index contributed by atoms with van der Waals surface area (Å²) >= 11 is 0. The van der Waals surface area contributed by atoms with Gasteiger partial charge in [-0.05, 0) is 49.9 Å². The van der Waals surface area contributed by atoms with E-state index in [1.165, 1.54) is 0 Å². The molecule has 120 valence electrons. The summed E-state index contributed by atoms with van der Waals surface area (Å²) in [7, 11) is 1.62. The quantitative estimate of drug-likeness (QED) is 0.893. The maximum absolute atomic E-state index is 12.5. The first-order valence-electron chi connectivity index (χ1n) is 7.69. The third kappa shape index (κ3) is 3.40. The van der Waals surface area contributed by atoms with Gasteiger partial charge in [-0.1, -0.05) is 12.8 Å². The van der Waals surface area contributed by atoms with Gasteiger partial charge in [0, 0.05) is 11.6 Å². The number of carbonyl (C=O) groups is 2. The van der Waals surface area contributed by atoms with Crippen LogP contribution in [0.5, 0.6) is 5.75 Å². The lowest BCUT2D eigenvalue weighted by atomic mass is 9.84. The summed E-state index contributed by atoms with van der Waals surface area (Å²) in [5.41, 5.74) is 7.88. The maximum Gasteiger partial charge on any atom is 0.251 e. The van der Waals surface area contributed by atoms with Gasteiger partial charge < -0.3 is 15.8 Å². The molecule has 2 amide bonds. The summed E-state index contributed by atoms with van der Waals surface area (Å²) in [6, 6.07) is 3.45. The van der Waals surface area contributed by atoms with E-state index in [1.807, 2.05) is 26.0 Å². The molecule has 22 heavy (non-hydrogen) atoms. The zero-order valence-electron chi connectivity index (χ0n) is 13.4. The number of carbonyl (C=O) groups excluding carboxylic acids is 2. The highest BCUT2D eigenvalue weighted by molar-refractivity contribution is 5.95. The molecule has 1 aliphatic rings. The van der Waals surface area contributed by atoms with E-state index >= 15 is 0 Å². The molecule has 1 aliphatic carbocycles. The smallest absolute Gasteiger partial charge is 0.251 e. The molecule has 1 fully saturated rings. The lowest BCUT2D eigenvalue weighted by Crippen LogP contribution is -2.47. The van der Waals surface area contributed by atoms with Crippen LogP contribution in [0.2, 0.25) is 0 Å². The summed E-state index contributed by atoms with van der Waals surface area (Å²) in [6.07, 6.45) is 3.55. The monoisotopic (exact) mass is 304 g/mol. The molecule has 0 radical (unpaired) electrons. The van der Waals surface area contributed by atoms with Crippen LogP contribution in [-0.4, -0.2) is 25.0 Å². The first-order chi connectivity index (χ1) is 10.4. The fraction of sp³-hybridized carbons (Fsp3) is 0.529. The van der Waals surface area contributed by atoms with E-state index in [0.717, 1.165) is 42.6 Å². The standard InChI is InChI=1S/C17H24N2O3/c1-10-8-12(9-11(2)15(10)22-3)17(21)19-14-7-5-4-6-13(14)16(18)20/h8-9,13-14H,4-7H2,1-3H3,(H2,18,20)(H,19,21)/t13-,14-/m1/s1. The molecule has 0 spiro atoms. The SMILES string of the molecule is COc1c(C)cc(C(=O)N[C@@H]2CCCC[C@H]2C(N)=O)cc1C. The van der Waals surface area contributed by atoms with E-state index in [1.54, 1.807) is 7.11 Å². The molecule has 0 unspecified atom stereocenters. The van der Waals surface area contributed by atoms with Crippen molar-refractivity contribution in [1.82, 2.24) is 5.32 Å². The van der Waals surface area contributed by atoms with Gasteiger partial charge in [-0.15, -0.1) is 0 Å². The number of hydrogen-bond acceptors (Lipinski definition) is 3. The maximum atomic E-state index is 12.5. The lowest BCUT2D eigenvalue weighted by Gasteiger charge is -2.30. The van der Waals surface area contributed by atoms with Gasteiger partial charge in [-0.3, -0.25) is 9.59 Å². The fourth-order valence-electron chi connectivity index (χ4n) is 3.30. The zero-order chi connectivity index (χ0) is 16.3. The Kier molecular flexibility index (Phi) is 5.06. The second kappa shape index (κ2) is 6.81. The third-order valence-electron chi connectivity index (χ3n) is 4.37. The first-order valence-corrected chi connectivity index (χ1v) is 7.69. The van der Waals surface area contributed by atoms with Crippen molar-refractivity contribution in [3.63, 3.8) is 0 Å². The van der Waals surface area contributed by atoms with E-state index in [4.69, 9.17) is 10.5 Å². The average molecular weight is 304 g/mol. The van der Waals surface area contributed by atoms with Gasteiger partial charge in [-0.25, -0.2) is 0 Å². The van der Waals surface area contributed by atoms with E-state index < -0.39 is 0 Å². The molecular formula is C17H24N2O3. The molecule has 5 nitrogen and oxygen atoms in total.